The summed E-state index contributed by atoms with van der Waals surface area (Å²) in [4.78, 5) is 18.8. The highest BCUT2D eigenvalue weighted by Crippen LogP contribution is 2.16. The topological polar surface area (TPSA) is 45.2 Å². The van der Waals surface area contributed by atoms with E-state index >= 15 is 0 Å². The number of carbonyl (C=O) groups is 1. The molecule has 1 amide bonds. The van der Waals surface area contributed by atoms with Crippen LogP contribution in [0.4, 0.5) is 0 Å². The Hall–Kier alpha value is -2.20. The predicted molar refractivity (Wildman–Crippen MR) is 109 cm³/mol. The van der Waals surface area contributed by atoms with E-state index in [9.17, 15) is 4.79 Å². The first-order chi connectivity index (χ1) is 13.1. The first kappa shape index (κ1) is 19.6. The van der Waals surface area contributed by atoms with Crippen LogP contribution in [-0.4, -0.2) is 34.9 Å². The van der Waals surface area contributed by atoms with E-state index in [1.54, 1.807) is 12.4 Å². The van der Waals surface area contributed by atoms with Gasteiger partial charge in [0.05, 0.1) is 6.42 Å². The van der Waals surface area contributed by atoms with Crippen molar-refractivity contribution in [1.29, 1.82) is 0 Å². The maximum Gasteiger partial charge on any atom is 0.224 e. The lowest BCUT2D eigenvalue weighted by molar-refractivity contribution is -0.121. The van der Waals surface area contributed by atoms with Crippen molar-refractivity contribution in [2.75, 3.05) is 13.1 Å². The number of aromatic nitrogens is 1. The lowest BCUT2D eigenvalue weighted by atomic mass is 10.0. The van der Waals surface area contributed by atoms with Gasteiger partial charge in [-0.1, -0.05) is 44.2 Å². The number of nitrogens with one attached hydrogen (secondary N) is 1. The summed E-state index contributed by atoms with van der Waals surface area (Å²) >= 11 is 0. The van der Waals surface area contributed by atoms with Gasteiger partial charge < -0.3 is 5.32 Å². The molecular weight excluding hydrogens is 334 g/mol. The van der Waals surface area contributed by atoms with Crippen LogP contribution in [-0.2, 0) is 24.2 Å². The smallest absolute Gasteiger partial charge is 0.224 e. The molecule has 2 heterocycles. The molecule has 1 saturated heterocycles. The third kappa shape index (κ3) is 6.47. The van der Waals surface area contributed by atoms with Crippen molar-refractivity contribution >= 4 is 5.91 Å². The lowest BCUT2D eigenvalue weighted by Crippen LogP contribution is -2.47. The Kier molecular flexibility index (Phi) is 6.99. The van der Waals surface area contributed by atoms with Crippen molar-refractivity contribution in [2.24, 2.45) is 5.92 Å². The summed E-state index contributed by atoms with van der Waals surface area (Å²) < 4.78 is 0. The maximum atomic E-state index is 12.3. The number of benzene rings is 1. The van der Waals surface area contributed by atoms with Crippen molar-refractivity contribution in [2.45, 2.75) is 52.1 Å². The van der Waals surface area contributed by atoms with E-state index in [4.69, 9.17) is 0 Å². The van der Waals surface area contributed by atoms with Gasteiger partial charge in [0.2, 0.25) is 5.91 Å². The van der Waals surface area contributed by atoms with Gasteiger partial charge in [-0.3, -0.25) is 14.7 Å². The van der Waals surface area contributed by atoms with Gasteiger partial charge in [0.1, 0.15) is 0 Å². The van der Waals surface area contributed by atoms with Gasteiger partial charge in [-0.2, -0.15) is 0 Å². The molecular formula is C23H31N3O. The van der Waals surface area contributed by atoms with Gasteiger partial charge in [0.15, 0.2) is 0 Å². The highest BCUT2D eigenvalue weighted by atomic mass is 16.1. The molecule has 4 heteroatoms. The van der Waals surface area contributed by atoms with E-state index < -0.39 is 0 Å². The van der Waals surface area contributed by atoms with Crippen LogP contribution in [0.5, 0.6) is 0 Å². The maximum absolute atomic E-state index is 12.3. The van der Waals surface area contributed by atoms with Gasteiger partial charge in [0, 0.05) is 31.5 Å². The molecule has 27 heavy (non-hydrogen) atoms. The Morgan fingerprint density at radius 3 is 2.67 bits per heavy atom. The molecule has 1 aliphatic heterocycles. The average Bonchev–Trinajstić information content (AvgIpc) is 2.64. The second-order valence-electron chi connectivity index (χ2n) is 8.09. The van der Waals surface area contributed by atoms with E-state index in [1.165, 1.54) is 11.1 Å². The van der Waals surface area contributed by atoms with Gasteiger partial charge in [-0.25, -0.2) is 0 Å². The summed E-state index contributed by atoms with van der Waals surface area (Å²) in [6, 6.07) is 13.1. The number of rotatable bonds is 7. The van der Waals surface area contributed by atoms with Gasteiger partial charge in [-0.15, -0.1) is 0 Å². The van der Waals surface area contributed by atoms with Crippen LogP contribution in [0.1, 0.15) is 43.4 Å². The molecule has 1 N–H and O–H groups in total. The van der Waals surface area contributed by atoms with Crippen molar-refractivity contribution < 1.29 is 4.79 Å². The molecule has 1 aliphatic rings. The minimum Gasteiger partial charge on any atom is -0.352 e. The number of hydrogen-bond donors (Lipinski definition) is 1. The Morgan fingerprint density at radius 1 is 1.19 bits per heavy atom. The van der Waals surface area contributed by atoms with Crippen LogP contribution in [0.25, 0.3) is 0 Å². The van der Waals surface area contributed by atoms with Gasteiger partial charge in [-0.05, 0) is 54.5 Å². The molecule has 1 atom stereocenters. The molecule has 1 aromatic heterocycles. The number of amides is 1. The molecule has 0 aliphatic carbocycles. The SMILES string of the molecule is CC(C)Cc1ccc(CN2CCC[C@@H](NC(=O)Cc3cccnc3)C2)cc1. The largest absolute Gasteiger partial charge is 0.352 e. The first-order valence-electron chi connectivity index (χ1n) is 10.1. The van der Waals surface area contributed by atoms with Gasteiger partial charge in [0.25, 0.3) is 0 Å². The fraction of sp³-hybridized carbons (Fsp3) is 0.478. The van der Waals surface area contributed by atoms with Crippen LogP contribution < -0.4 is 5.32 Å². The molecule has 0 radical (unpaired) electrons. The lowest BCUT2D eigenvalue weighted by Gasteiger charge is -2.33. The Balaban J connectivity index is 1.48. The number of pyridine rings is 1. The number of piperidine rings is 1. The number of hydrogen-bond acceptors (Lipinski definition) is 3. The summed E-state index contributed by atoms with van der Waals surface area (Å²) in [5.41, 5.74) is 3.72. The number of carbonyl (C=O) groups excluding carboxylic acids is 1. The molecule has 0 unspecified atom stereocenters. The zero-order valence-corrected chi connectivity index (χ0v) is 16.5. The molecule has 3 rings (SSSR count). The van der Waals surface area contributed by atoms with Gasteiger partial charge >= 0.3 is 0 Å². The van der Waals surface area contributed by atoms with E-state index in [2.05, 4.69) is 53.3 Å². The highest BCUT2D eigenvalue weighted by Gasteiger charge is 2.21. The minimum atomic E-state index is 0.0906. The normalized spacial score (nSPS) is 17.8. The van der Waals surface area contributed by atoms with Crippen LogP contribution in [0.3, 0.4) is 0 Å². The molecule has 0 spiro atoms. The third-order valence-electron chi connectivity index (χ3n) is 5.03. The second-order valence-corrected chi connectivity index (χ2v) is 8.09. The standard InChI is InChI=1S/C23H31N3O/c1-18(2)13-19-7-9-20(10-8-19)16-26-12-4-6-22(17-26)25-23(27)14-21-5-3-11-24-15-21/h3,5,7-11,15,18,22H,4,6,12-14,16-17H2,1-2H3,(H,25,27)/t22-/m1/s1. The molecule has 4 nitrogen and oxygen atoms in total. The average molecular weight is 366 g/mol. The second kappa shape index (κ2) is 9.65. The summed E-state index contributed by atoms with van der Waals surface area (Å²) in [7, 11) is 0. The van der Waals surface area contributed by atoms with E-state index in [-0.39, 0.29) is 11.9 Å². The van der Waals surface area contributed by atoms with Crippen molar-refractivity contribution in [3.63, 3.8) is 0 Å². The minimum absolute atomic E-state index is 0.0906. The fourth-order valence-corrected chi connectivity index (χ4v) is 3.79. The van der Waals surface area contributed by atoms with Crippen molar-refractivity contribution in [3.8, 4) is 0 Å². The van der Waals surface area contributed by atoms with Crippen LogP contribution in [0.15, 0.2) is 48.8 Å². The molecule has 0 bridgehead atoms. The van der Waals surface area contributed by atoms with Crippen LogP contribution in [0.2, 0.25) is 0 Å². The van der Waals surface area contributed by atoms with E-state index in [0.717, 1.165) is 44.5 Å². The van der Waals surface area contributed by atoms with Crippen LogP contribution in [0, 0.1) is 5.92 Å². The molecule has 1 fully saturated rings. The molecule has 0 saturated carbocycles. The molecule has 144 valence electrons. The highest BCUT2D eigenvalue weighted by molar-refractivity contribution is 5.78. The Labute approximate surface area is 163 Å². The van der Waals surface area contributed by atoms with E-state index in [1.807, 2.05) is 12.1 Å². The van der Waals surface area contributed by atoms with Crippen molar-refractivity contribution in [1.82, 2.24) is 15.2 Å². The quantitative estimate of drug-likeness (QED) is 0.815. The Bertz CT molecular complexity index is 712. The Morgan fingerprint density at radius 2 is 1.96 bits per heavy atom. The number of nitrogens with zero attached hydrogens (tertiary/aromatic N) is 2. The summed E-state index contributed by atoms with van der Waals surface area (Å²) in [5, 5.41) is 3.21. The monoisotopic (exact) mass is 365 g/mol. The first-order valence-corrected chi connectivity index (χ1v) is 10.1. The summed E-state index contributed by atoms with van der Waals surface area (Å²) in [6.07, 6.45) is 7.22. The zero-order chi connectivity index (χ0) is 19.1. The molecule has 2 aromatic rings. The summed E-state index contributed by atoms with van der Waals surface area (Å²) in [5.74, 6) is 0.780. The van der Waals surface area contributed by atoms with Crippen molar-refractivity contribution in [3.05, 3.63) is 65.5 Å². The molecule has 1 aromatic carbocycles. The predicted octanol–water partition coefficient (Wildman–Crippen LogP) is 3.60. The van der Waals surface area contributed by atoms with Crippen LogP contribution >= 0.6 is 0 Å². The van der Waals surface area contributed by atoms with E-state index in [0.29, 0.717) is 12.3 Å². The fourth-order valence-electron chi connectivity index (χ4n) is 3.79. The zero-order valence-electron chi connectivity index (χ0n) is 16.5. The third-order valence-corrected chi connectivity index (χ3v) is 5.03. The summed E-state index contributed by atoms with van der Waals surface area (Å²) in [6.45, 7) is 7.49. The number of likely N-dealkylation sites (tertiary alicyclic amines) is 1.